The fourth-order valence-corrected chi connectivity index (χ4v) is 1.20. The topological polar surface area (TPSA) is 26.3 Å². The van der Waals surface area contributed by atoms with Gasteiger partial charge in [0.25, 0.3) is 0 Å². The summed E-state index contributed by atoms with van der Waals surface area (Å²) in [6.45, 7) is 6.26. The molecule has 0 radical (unpaired) electrons. The highest BCUT2D eigenvalue weighted by atomic mass is 16.5. The molecule has 0 amide bonds. The molecular formula is C12H22O2. The van der Waals surface area contributed by atoms with Gasteiger partial charge in [-0.2, -0.15) is 0 Å². The summed E-state index contributed by atoms with van der Waals surface area (Å²) in [4.78, 5) is 10.5. The Kier molecular flexibility index (Phi) is 8.30. The van der Waals surface area contributed by atoms with E-state index in [4.69, 9.17) is 4.74 Å². The molecule has 0 saturated heterocycles. The van der Waals surface area contributed by atoms with Crippen molar-refractivity contribution in [2.24, 2.45) is 0 Å². The van der Waals surface area contributed by atoms with Crippen LogP contribution in [0.15, 0.2) is 11.6 Å². The predicted molar refractivity (Wildman–Crippen MR) is 59.1 cm³/mol. The summed E-state index contributed by atoms with van der Waals surface area (Å²) in [7, 11) is 0. The fraction of sp³-hybridized carbons (Fsp3) is 0.750. The molecule has 0 aliphatic heterocycles. The summed E-state index contributed by atoms with van der Waals surface area (Å²) in [6.07, 6.45) is 8.10. The normalized spacial score (nSPS) is 11.5. The van der Waals surface area contributed by atoms with Gasteiger partial charge in [-0.3, -0.25) is 4.79 Å². The van der Waals surface area contributed by atoms with Crippen LogP contribution in [0.2, 0.25) is 0 Å². The Bertz CT molecular complexity index is 183. The second-order valence-electron chi connectivity index (χ2n) is 3.64. The zero-order valence-corrected chi connectivity index (χ0v) is 9.64. The van der Waals surface area contributed by atoms with Gasteiger partial charge in [0, 0.05) is 13.3 Å². The first-order valence-corrected chi connectivity index (χ1v) is 5.45. The van der Waals surface area contributed by atoms with E-state index in [1.807, 2.05) is 0 Å². The summed E-state index contributed by atoms with van der Waals surface area (Å²) in [5.41, 5.74) is 1.32. The second kappa shape index (κ2) is 8.79. The molecule has 0 aromatic carbocycles. The average molecular weight is 198 g/mol. The molecule has 0 N–H and O–H groups in total. The van der Waals surface area contributed by atoms with E-state index >= 15 is 0 Å². The van der Waals surface area contributed by atoms with Crippen molar-refractivity contribution in [3.05, 3.63) is 11.6 Å². The Balaban J connectivity index is 3.41. The lowest BCUT2D eigenvalue weighted by Crippen LogP contribution is -2.00. The SMILES string of the molecule is CCCCCC=C(C)CCOC(C)=O. The second-order valence-corrected chi connectivity index (χ2v) is 3.64. The van der Waals surface area contributed by atoms with E-state index in [2.05, 4.69) is 19.9 Å². The van der Waals surface area contributed by atoms with Crippen LogP contribution in [0.4, 0.5) is 0 Å². The summed E-state index contributed by atoms with van der Waals surface area (Å²) >= 11 is 0. The van der Waals surface area contributed by atoms with E-state index < -0.39 is 0 Å². The van der Waals surface area contributed by atoms with E-state index in [9.17, 15) is 4.79 Å². The van der Waals surface area contributed by atoms with Crippen molar-refractivity contribution in [3.63, 3.8) is 0 Å². The van der Waals surface area contributed by atoms with Crippen molar-refractivity contribution < 1.29 is 9.53 Å². The molecule has 0 heterocycles. The summed E-state index contributed by atoms with van der Waals surface area (Å²) in [5, 5.41) is 0. The number of unbranched alkanes of at least 4 members (excludes halogenated alkanes) is 3. The molecule has 0 spiro atoms. The standard InChI is InChI=1S/C12H22O2/c1-4-5-6-7-8-11(2)9-10-14-12(3)13/h8H,4-7,9-10H2,1-3H3. The number of carbonyl (C=O) groups excluding carboxylic acids is 1. The highest BCUT2D eigenvalue weighted by molar-refractivity contribution is 5.65. The van der Waals surface area contributed by atoms with Gasteiger partial charge in [-0.05, 0) is 19.8 Å². The molecule has 2 nitrogen and oxygen atoms in total. The average Bonchev–Trinajstić information content (AvgIpc) is 2.12. The van der Waals surface area contributed by atoms with Gasteiger partial charge < -0.3 is 4.74 Å². The van der Waals surface area contributed by atoms with Crippen LogP contribution in [0.5, 0.6) is 0 Å². The van der Waals surface area contributed by atoms with Gasteiger partial charge in [0.05, 0.1) is 6.61 Å². The van der Waals surface area contributed by atoms with Crippen LogP contribution < -0.4 is 0 Å². The Hall–Kier alpha value is -0.790. The maximum Gasteiger partial charge on any atom is 0.302 e. The van der Waals surface area contributed by atoms with Crippen LogP contribution in [-0.4, -0.2) is 12.6 Å². The molecule has 0 bridgehead atoms. The lowest BCUT2D eigenvalue weighted by Gasteiger charge is -2.02. The molecule has 0 fully saturated rings. The minimum absolute atomic E-state index is 0.191. The number of hydrogen-bond donors (Lipinski definition) is 0. The Morgan fingerprint density at radius 1 is 1.29 bits per heavy atom. The molecule has 0 saturated carbocycles. The van der Waals surface area contributed by atoms with Crippen molar-refractivity contribution in [2.45, 2.75) is 52.9 Å². The van der Waals surface area contributed by atoms with E-state index in [0.29, 0.717) is 6.61 Å². The highest BCUT2D eigenvalue weighted by Crippen LogP contribution is 2.06. The van der Waals surface area contributed by atoms with Gasteiger partial charge >= 0.3 is 5.97 Å². The van der Waals surface area contributed by atoms with E-state index in [1.54, 1.807) is 0 Å². The smallest absolute Gasteiger partial charge is 0.302 e. The summed E-state index contributed by atoms with van der Waals surface area (Å²) in [5.74, 6) is -0.191. The van der Waals surface area contributed by atoms with Gasteiger partial charge in [-0.25, -0.2) is 0 Å². The van der Waals surface area contributed by atoms with Crippen LogP contribution >= 0.6 is 0 Å². The molecule has 0 atom stereocenters. The first-order chi connectivity index (χ1) is 6.66. The van der Waals surface area contributed by atoms with E-state index in [1.165, 1.54) is 31.8 Å². The third-order valence-electron chi connectivity index (χ3n) is 2.10. The maximum absolute atomic E-state index is 10.5. The van der Waals surface area contributed by atoms with Crippen LogP contribution in [0.1, 0.15) is 52.9 Å². The van der Waals surface area contributed by atoms with Crippen molar-refractivity contribution in [1.82, 2.24) is 0 Å². The number of carbonyl (C=O) groups is 1. The van der Waals surface area contributed by atoms with Gasteiger partial charge in [-0.15, -0.1) is 0 Å². The molecule has 0 aliphatic carbocycles. The Morgan fingerprint density at radius 2 is 2.00 bits per heavy atom. The Morgan fingerprint density at radius 3 is 2.57 bits per heavy atom. The summed E-state index contributed by atoms with van der Waals surface area (Å²) in [6, 6.07) is 0. The van der Waals surface area contributed by atoms with Gasteiger partial charge in [0.1, 0.15) is 0 Å². The van der Waals surface area contributed by atoms with Crippen LogP contribution in [-0.2, 0) is 9.53 Å². The third-order valence-corrected chi connectivity index (χ3v) is 2.10. The summed E-state index contributed by atoms with van der Waals surface area (Å²) < 4.78 is 4.86. The number of hydrogen-bond acceptors (Lipinski definition) is 2. The van der Waals surface area contributed by atoms with Crippen LogP contribution in [0.3, 0.4) is 0 Å². The van der Waals surface area contributed by atoms with E-state index in [0.717, 1.165) is 12.8 Å². The monoisotopic (exact) mass is 198 g/mol. The molecular weight excluding hydrogens is 176 g/mol. The largest absolute Gasteiger partial charge is 0.466 e. The molecule has 0 aliphatic rings. The molecule has 0 aromatic rings. The minimum atomic E-state index is -0.191. The minimum Gasteiger partial charge on any atom is -0.466 e. The number of allylic oxidation sites excluding steroid dienone is 1. The van der Waals surface area contributed by atoms with Gasteiger partial charge in [-0.1, -0.05) is 31.4 Å². The lowest BCUT2D eigenvalue weighted by atomic mass is 10.1. The third kappa shape index (κ3) is 9.30. The quantitative estimate of drug-likeness (QED) is 0.356. The van der Waals surface area contributed by atoms with Gasteiger partial charge in [0.2, 0.25) is 0 Å². The molecule has 14 heavy (non-hydrogen) atoms. The maximum atomic E-state index is 10.5. The lowest BCUT2D eigenvalue weighted by molar-refractivity contribution is -0.140. The van der Waals surface area contributed by atoms with E-state index in [-0.39, 0.29) is 5.97 Å². The van der Waals surface area contributed by atoms with Crippen molar-refractivity contribution in [1.29, 1.82) is 0 Å². The molecule has 2 heteroatoms. The van der Waals surface area contributed by atoms with Crippen LogP contribution in [0.25, 0.3) is 0 Å². The molecule has 0 aromatic heterocycles. The van der Waals surface area contributed by atoms with Gasteiger partial charge in [0.15, 0.2) is 0 Å². The molecule has 0 unspecified atom stereocenters. The molecule has 0 rings (SSSR count). The number of esters is 1. The first-order valence-electron chi connectivity index (χ1n) is 5.45. The number of ether oxygens (including phenoxy) is 1. The Labute approximate surface area is 87.3 Å². The zero-order chi connectivity index (χ0) is 10.8. The zero-order valence-electron chi connectivity index (χ0n) is 9.64. The van der Waals surface area contributed by atoms with Crippen molar-refractivity contribution >= 4 is 5.97 Å². The van der Waals surface area contributed by atoms with Crippen molar-refractivity contribution in [3.8, 4) is 0 Å². The predicted octanol–water partition coefficient (Wildman–Crippen LogP) is 3.47. The van der Waals surface area contributed by atoms with Crippen molar-refractivity contribution in [2.75, 3.05) is 6.61 Å². The number of rotatable bonds is 7. The fourth-order valence-electron chi connectivity index (χ4n) is 1.20. The molecule has 82 valence electrons. The van der Waals surface area contributed by atoms with Crippen LogP contribution in [0, 0.1) is 0 Å². The highest BCUT2D eigenvalue weighted by Gasteiger charge is 1.94. The first kappa shape index (κ1) is 13.2.